The van der Waals surface area contributed by atoms with E-state index in [1.165, 1.54) is 6.07 Å². The Morgan fingerprint density at radius 2 is 1.69 bits per heavy atom. The van der Waals surface area contributed by atoms with Crippen LogP contribution < -0.4 is 14.8 Å². The Labute approximate surface area is 208 Å². The molecule has 0 fully saturated rings. The van der Waals surface area contributed by atoms with Gasteiger partial charge in [0.15, 0.2) is 12.4 Å². The molecule has 1 aliphatic heterocycles. The number of benzene rings is 3. The monoisotopic (exact) mass is 486 g/mol. The molecule has 2 heterocycles. The zero-order valence-electron chi connectivity index (χ0n) is 19.8. The average Bonchev–Trinajstić information content (AvgIpc) is 3.16. The fourth-order valence-corrected chi connectivity index (χ4v) is 4.17. The molecule has 7 nitrogen and oxygen atoms in total. The smallest absolute Gasteiger partial charge is 0.262 e. The molecule has 1 aliphatic rings. The van der Waals surface area contributed by atoms with Crippen LogP contribution in [0.25, 0.3) is 11.4 Å². The van der Waals surface area contributed by atoms with Crippen molar-refractivity contribution in [1.29, 1.82) is 0 Å². The summed E-state index contributed by atoms with van der Waals surface area (Å²) in [5.41, 5.74) is 1.86. The molecule has 3 aromatic carbocycles. The maximum atomic E-state index is 14.5. The van der Waals surface area contributed by atoms with E-state index in [0.717, 1.165) is 43.6 Å². The zero-order valence-corrected chi connectivity index (χ0v) is 19.8. The van der Waals surface area contributed by atoms with Crippen molar-refractivity contribution in [2.24, 2.45) is 0 Å². The lowest BCUT2D eigenvalue weighted by atomic mass is 10.1. The van der Waals surface area contributed by atoms with E-state index >= 15 is 0 Å². The highest BCUT2D eigenvalue weighted by atomic mass is 19.1. The van der Waals surface area contributed by atoms with Gasteiger partial charge in [-0.3, -0.25) is 4.79 Å². The summed E-state index contributed by atoms with van der Waals surface area (Å²) in [6.07, 6.45) is 4.18. The third-order valence-corrected chi connectivity index (χ3v) is 6.05. The molecule has 5 rings (SSSR count). The van der Waals surface area contributed by atoms with Gasteiger partial charge in [0.05, 0.1) is 5.69 Å². The first-order valence-corrected chi connectivity index (χ1v) is 12.1. The Morgan fingerprint density at radius 1 is 0.917 bits per heavy atom. The minimum absolute atomic E-state index is 0.0803. The summed E-state index contributed by atoms with van der Waals surface area (Å²) in [6.45, 7) is 1.04. The summed E-state index contributed by atoms with van der Waals surface area (Å²) in [7, 11) is 0. The number of rotatable bonds is 8. The topological polar surface area (TPSA) is 78.3 Å². The molecule has 0 unspecified atom stereocenters. The second-order valence-electron chi connectivity index (χ2n) is 8.68. The molecule has 0 bridgehead atoms. The fraction of sp³-hybridized carbons (Fsp3) is 0.250. The number of anilines is 1. The van der Waals surface area contributed by atoms with Gasteiger partial charge in [-0.2, -0.15) is 0 Å². The van der Waals surface area contributed by atoms with E-state index in [1.54, 1.807) is 36.4 Å². The first-order valence-electron chi connectivity index (χ1n) is 12.1. The highest BCUT2D eigenvalue weighted by Gasteiger charge is 2.18. The van der Waals surface area contributed by atoms with Crippen LogP contribution in [0.2, 0.25) is 0 Å². The molecule has 0 aliphatic carbocycles. The maximum Gasteiger partial charge on any atom is 0.262 e. The van der Waals surface area contributed by atoms with Gasteiger partial charge in [-0.15, -0.1) is 10.2 Å². The highest BCUT2D eigenvalue weighted by molar-refractivity contribution is 5.92. The van der Waals surface area contributed by atoms with Gasteiger partial charge in [0.25, 0.3) is 5.91 Å². The lowest BCUT2D eigenvalue weighted by molar-refractivity contribution is -0.118. The van der Waals surface area contributed by atoms with Gasteiger partial charge in [-0.05, 0) is 60.9 Å². The molecule has 0 saturated heterocycles. The molecule has 0 radical (unpaired) electrons. The van der Waals surface area contributed by atoms with Crippen LogP contribution >= 0.6 is 0 Å². The number of halogens is 1. The second-order valence-corrected chi connectivity index (χ2v) is 8.68. The van der Waals surface area contributed by atoms with E-state index in [2.05, 4.69) is 20.1 Å². The standard InChI is InChI=1S/C28H27FN4O3/c29-24-15-10-21(28-32-31-26-9-5-2-6-16-33(26)28)17-25(24)30-27(34)19-36-23-13-11-22(12-14-23)35-18-20-7-3-1-4-8-20/h1,3-4,7-8,10-15,17H,2,5-6,9,16,18-19H2,(H,30,34). The van der Waals surface area contributed by atoms with Crippen molar-refractivity contribution in [3.8, 4) is 22.9 Å². The fourth-order valence-electron chi connectivity index (χ4n) is 4.17. The summed E-state index contributed by atoms with van der Waals surface area (Å²) in [4.78, 5) is 12.5. The molecule has 1 N–H and O–H groups in total. The SMILES string of the molecule is O=C(COc1ccc(OCc2ccccc2)cc1)Nc1cc(-c2nnc3n2CCCCC3)ccc1F. The molecule has 8 heteroatoms. The van der Waals surface area contributed by atoms with Gasteiger partial charge in [0.2, 0.25) is 0 Å². The van der Waals surface area contributed by atoms with Crippen molar-refractivity contribution < 1.29 is 18.7 Å². The Kier molecular flexibility index (Phi) is 7.21. The normalized spacial score (nSPS) is 12.9. The van der Waals surface area contributed by atoms with Gasteiger partial charge >= 0.3 is 0 Å². The summed E-state index contributed by atoms with van der Waals surface area (Å²) >= 11 is 0. The Balaban J connectivity index is 1.17. The second kappa shape index (κ2) is 11.0. The van der Waals surface area contributed by atoms with E-state index in [1.807, 2.05) is 30.3 Å². The van der Waals surface area contributed by atoms with E-state index < -0.39 is 11.7 Å². The number of amides is 1. The number of hydrogen-bond acceptors (Lipinski definition) is 5. The van der Waals surface area contributed by atoms with Crippen LogP contribution in [0.4, 0.5) is 10.1 Å². The van der Waals surface area contributed by atoms with Crippen molar-refractivity contribution in [1.82, 2.24) is 14.8 Å². The number of carbonyl (C=O) groups excluding carboxylic acids is 1. The number of carbonyl (C=O) groups is 1. The van der Waals surface area contributed by atoms with E-state index in [-0.39, 0.29) is 12.3 Å². The lowest BCUT2D eigenvalue weighted by Gasteiger charge is -2.11. The van der Waals surface area contributed by atoms with Crippen molar-refractivity contribution >= 4 is 11.6 Å². The predicted octanol–water partition coefficient (Wildman–Crippen LogP) is 5.41. The minimum atomic E-state index is -0.525. The summed E-state index contributed by atoms with van der Waals surface area (Å²) in [6, 6.07) is 21.5. The predicted molar refractivity (Wildman–Crippen MR) is 134 cm³/mol. The van der Waals surface area contributed by atoms with Crippen LogP contribution in [0.1, 0.15) is 30.7 Å². The van der Waals surface area contributed by atoms with Crippen LogP contribution in [0, 0.1) is 5.82 Å². The van der Waals surface area contributed by atoms with Crippen molar-refractivity contribution in [2.45, 2.75) is 38.8 Å². The molecular formula is C28H27FN4O3. The van der Waals surface area contributed by atoms with Crippen LogP contribution in [-0.2, 0) is 24.4 Å². The number of nitrogens with zero attached hydrogens (tertiary/aromatic N) is 3. The average molecular weight is 487 g/mol. The molecule has 0 spiro atoms. The molecule has 1 aromatic heterocycles. The number of hydrogen-bond donors (Lipinski definition) is 1. The van der Waals surface area contributed by atoms with Crippen molar-refractivity contribution in [2.75, 3.05) is 11.9 Å². The van der Waals surface area contributed by atoms with Gasteiger partial charge in [0.1, 0.15) is 29.7 Å². The Hall–Kier alpha value is -4.20. The largest absolute Gasteiger partial charge is 0.489 e. The molecule has 1 amide bonds. The number of aryl methyl sites for hydroxylation is 1. The Bertz CT molecular complexity index is 1320. The summed E-state index contributed by atoms with van der Waals surface area (Å²) < 4.78 is 27.9. The third kappa shape index (κ3) is 5.71. The van der Waals surface area contributed by atoms with Crippen molar-refractivity contribution in [3.63, 3.8) is 0 Å². The van der Waals surface area contributed by atoms with E-state index in [0.29, 0.717) is 29.5 Å². The molecule has 0 saturated carbocycles. The summed E-state index contributed by atoms with van der Waals surface area (Å²) in [5, 5.41) is 11.2. The first kappa shape index (κ1) is 23.5. The van der Waals surface area contributed by atoms with Crippen LogP contribution in [0.15, 0.2) is 72.8 Å². The van der Waals surface area contributed by atoms with Crippen LogP contribution in [-0.4, -0.2) is 27.3 Å². The summed E-state index contributed by atoms with van der Waals surface area (Å²) in [5.74, 6) is 1.85. The number of ether oxygens (including phenoxy) is 2. The van der Waals surface area contributed by atoms with Gasteiger partial charge < -0.3 is 19.4 Å². The molecule has 4 aromatic rings. The number of nitrogens with one attached hydrogen (secondary N) is 1. The lowest BCUT2D eigenvalue weighted by Crippen LogP contribution is -2.20. The van der Waals surface area contributed by atoms with Gasteiger partial charge in [-0.1, -0.05) is 36.8 Å². The van der Waals surface area contributed by atoms with Crippen molar-refractivity contribution in [3.05, 3.63) is 90.0 Å². The molecular weight excluding hydrogens is 459 g/mol. The molecule has 184 valence electrons. The van der Waals surface area contributed by atoms with Gasteiger partial charge in [-0.25, -0.2) is 4.39 Å². The quantitative estimate of drug-likeness (QED) is 0.360. The van der Waals surface area contributed by atoms with Crippen LogP contribution in [0.3, 0.4) is 0 Å². The van der Waals surface area contributed by atoms with Crippen LogP contribution in [0.5, 0.6) is 11.5 Å². The minimum Gasteiger partial charge on any atom is -0.489 e. The highest BCUT2D eigenvalue weighted by Crippen LogP contribution is 2.27. The van der Waals surface area contributed by atoms with E-state index in [4.69, 9.17) is 9.47 Å². The van der Waals surface area contributed by atoms with Gasteiger partial charge in [0, 0.05) is 18.5 Å². The molecule has 0 atom stereocenters. The number of aromatic nitrogens is 3. The molecule has 36 heavy (non-hydrogen) atoms. The first-order chi connectivity index (χ1) is 17.7. The van der Waals surface area contributed by atoms with E-state index in [9.17, 15) is 9.18 Å². The third-order valence-electron chi connectivity index (χ3n) is 6.05. The maximum absolute atomic E-state index is 14.5. The Morgan fingerprint density at radius 3 is 2.50 bits per heavy atom. The zero-order chi connectivity index (χ0) is 24.7. The number of fused-ring (bicyclic) bond motifs is 1.